The topological polar surface area (TPSA) is 105 Å². The van der Waals surface area contributed by atoms with Crippen molar-refractivity contribution in [2.75, 3.05) is 6.61 Å². The highest BCUT2D eigenvalue weighted by Crippen LogP contribution is 2.41. The van der Waals surface area contributed by atoms with Crippen LogP contribution in [0.2, 0.25) is 0 Å². The third kappa shape index (κ3) is 7.08. The molecule has 32 heavy (non-hydrogen) atoms. The lowest BCUT2D eigenvalue weighted by molar-refractivity contribution is -0.151. The van der Waals surface area contributed by atoms with Gasteiger partial charge in [-0.2, -0.15) is 5.26 Å². The van der Waals surface area contributed by atoms with Crippen LogP contribution in [0.25, 0.3) is 0 Å². The number of esters is 1. The van der Waals surface area contributed by atoms with Crippen LogP contribution < -0.4 is 5.32 Å². The van der Waals surface area contributed by atoms with Gasteiger partial charge in [-0.25, -0.2) is 4.79 Å². The van der Waals surface area contributed by atoms with Crippen molar-refractivity contribution in [2.24, 2.45) is 11.3 Å². The van der Waals surface area contributed by atoms with Crippen molar-refractivity contribution in [1.82, 2.24) is 5.32 Å². The second kappa shape index (κ2) is 10.6. The Bertz CT molecular complexity index is 873. The maximum atomic E-state index is 13.6. The van der Waals surface area contributed by atoms with Crippen LogP contribution in [0.1, 0.15) is 71.4 Å². The van der Waals surface area contributed by atoms with Gasteiger partial charge in [-0.1, -0.05) is 19.1 Å². The zero-order valence-corrected chi connectivity index (χ0v) is 19.7. The molecule has 0 spiro atoms. The number of ketones is 1. The molecule has 7 nitrogen and oxygen atoms in total. The first-order valence-electron chi connectivity index (χ1n) is 11.2. The predicted octanol–water partition coefficient (Wildman–Crippen LogP) is 4.32. The summed E-state index contributed by atoms with van der Waals surface area (Å²) >= 11 is 0. The van der Waals surface area contributed by atoms with Crippen molar-refractivity contribution < 1.29 is 23.9 Å². The molecule has 1 aliphatic carbocycles. The minimum atomic E-state index is -0.803. The Morgan fingerprint density at radius 3 is 2.47 bits per heavy atom. The number of Topliss-reactive ketones (excluding diaryl/α,β-unsaturated/α-hetero) is 1. The highest BCUT2D eigenvalue weighted by molar-refractivity contribution is 5.92. The Balaban J connectivity index is 2.20. The summed E-state index contributed by atoms with van der Waals surface area (Å²) in [5.41, 5.74) is -0.0930. The Kier molecular flexibility index (Phi) is 8.43. The molecule has 1 fully saturated rings. The van der Waals surface area contributed by atoms with Gasteiger partial charge in [0.1, 0.15) is 5.60 Å². The number of nitrogens with zero attached hydrogens (tertiary/aromatic N) is 1. The van der Waals surface area contributed by atoms with Gasteiger partial charge in [0, 0.05) is 5.41 Å². The fraction of sp³-hybridized carbons (Fsp3) is 0.600. The highest BCUT2D eigenvalue weighted by Gasteiger charge is 2.43. The van der Waals surface area contributed by atoms with E-state index in [9.17, 15) is 19.6 Å². The molecule has 1 amide bonds. The molecule has 0 heterocycles. The molecule has 1 aromatic carbocycles. The molecule has 0 radical (unpaired) electrons. The first-order chi connectivity index (χ1) is 15.0. The van der Waals surface area contributed by atoms with E-state index in [1.807, 2.05) is 13.0 Å². The van der Waals surface area contributed by atoms with Gasteiger partial charge in [-0.05, 0) is 77.5 Å². The van der Waals surface area contributed by atoms with Crippen molar-refractivity contribution in [1.29, 1.82) is 5.26 Å². The summed E-state index contributed by atoms with van der Waals surface area (Å²) in [5, 5.41) is 11.9. The van der Waals surface area contributed by atoms with E-state index in [1.54, 1.807) is 45.9 Å². The Labute approximate surface area is 190 Å². The normalized spacial score (nSPS) is 21.7. The molecule has 174 valence electrons. The lowest BCUT2D eigenvalue weighted by Crippen LogP contribution is -2.50. The van der Waals surface area contributed by atoms with E-state index in [0.29, 0.717) is 37.9 Å². The third-order valence-electron chi connectivity index (χ3n) is 5.81. The van der Waals surface area contributed by atoms with E-state index in [1.165, 1.54) is 0 Å². The minimum Gasteiger partial charge on any atom is -0.466 e. The molecule has 1 atom stereocenters. The fourth-order valence-electron chi connectivity index (χ4n) is 4.08. The highest BCUT2D eigenvalue weighted by atomic mass is 16.6. The van der Waals surface area contributed by atoms with Crippen LogP contribution >= 0.6 is 0 Å². The molecule has 1 unspecified atom stereocenters. The van der Waals surface area contributed by atoms with Crippen LogP contribution in [0, 0.1) is 22.7 Å². The van der Waals surface area contributed by atoms with Gasteiger partial charge < -0.3 is 14.8 Å². The maximum absolute atomic E-state index is 13.6. The number of hydrogen-bond acceptors (Lipinski definition) is 6. The number of carbonyl (C=O) groups excluding carboxylic acids is 3. The summed E-state index contributed by atoms with van der Waals surface area (Å²) < 4.78 is 10.5. The average molecular weight is 443 g/mol. The van der Waals surface area contributed by atoms with Crippen molar-refractivity contribution in [2.45, 2.75) is 78.4 Å². The van der Waals surface area contributed by atoms with Gasteiger partial charge in [0.05, 0.1) is 30.2 Å². The predicted molar refractivity (Wildman–Crippen MR) is 120 cm³/mol. The fourth-order valence-corrected chi connectivity index (χ4v) is 4.08. The van der Waals surface area contributed by atoms with Crippen LogP contribution in [0.3, 0.4) is 0 Å². The first kappa shape index (κ1) is 25.4. The Morgan fingerprint density at radius 2 is 1.91 bits per heavy atom. The molecular weight excluding hydrogens is 408 g/mol. The summed E-state index contributed by atoms with van der Waals surface area (Å²) in [6.45, 7) is 9.30. The first-order valence-corrected chi connectivity index (χ1v) is 11.2. The standard InChI is InChI=1S/C25H34N2O5/c1-6-31-22(29)19-10-12-25(5,13-11-19)21(28)20(27-23(30)32-24(2,3)4)15-17-8-7-9-18(14-17)16-26/h7-9,14,19-20H,6,10-13,15H2,1-5H3,(H,27,30). The average Bonchev–Trinajstić information content (AvgIpc) is 2.72. The van der Waals surface area contributed by atoms with Gasteiger partial charge in [-0.15, -0.1) is 0 Å². The van der Waals surface area contributed by atoms with Gasteiger partial charge >= 0.3 is 12.1 Å². The number of amides is 1. The van der Waals surface area contributed by atoms with E-state index in [2.05, 4.69) is 11.4 Å². The molecule has 7 heteroatoms. The maximum Gasteiger partial charge on any atom is 0.408 e. The van der Waals surface area contributed by atoms with Crippen molar-refractivity contribution >= 4 is 17.8 Å². The molecule has 1 N–H and O–H groups in total. The monoisotopic (exact) mass is 442 g/mol. The van der Waals surface area contributed by atoms with Crippen LogP contribution in [0.4, 0.5) is 4.79 Å². The molecule has 0 saturated heterocycles. The molecular formula is C25H34N2O5. The Hall–Kier alpha value is -2.88. The van der Waals surface area contributed by atoms with Crippen LogP contribution in [0.5, 0.6) is 0 Å². The number of rotatable bonds is 7. The number of nitrogens with one attached hydrogen (secondary N) is 1. The van der Waals surface area contributed by atoms with Crippen LogP contribution in [0.15, 0.2) is 24.3 Å². The minimum absolute atomic E-state index is 0.0898. The quantitative estimate of drug-likeness (QED) is 0.630. The summed E-state index contributed by atoms with van der Waals surface area (Å²) in [6, 6.07) is 8.30. The molecule has 0 bridgehead atoms. The van der Waals surface area contributed by atoms with Gasteiger partial charge in [0.15, 0.2) is 5.78 Å². The summed E-state index contributed by atoms with van der Waals surface area (Å²) in [7, 11) is 0. The number of alkyl carbamates (subject to hydrolysis) is 1. The van der Waals surface area contributed by atoms with E-state index < -0.39 is 23.2 Å². The second-order valence-electron chi connectivity index (χ2n) is 9.67. The third-order valence-corrected chi connectivity index (χ3v) is 5.81. The van der Waals surface area contributed by atoms with Gasteiger partial charge in [0.25, 0.3) is 0 Å². The zero-order valence-electron chi connectivity index (χ0n) is 19.7. The van der Waals surface area contributed by atoms with Crippen molar-refractivity contribution in [3.63, 3.8) is 0 Å². The van der Waals surface area contributed by atoms with Gasteiger partial charge in [0.2, 0.25) is 0 Å². The second-order valence-corrected chi connectivity index (χ2v) is 9.67. The lowest BCUT2D eigenvalue weighted by atomic mass is 9.67. The summed E-state index contributed by atoms with van der Waals surface area (Å²) in [4.78, 5) is 38.2. The van der Waals surface area contributed by atoms with Crippen molar-refractivity contribution in [3.05, 3.63) is 35.4 Å². The van der Waals surface area contributed by atoms with E-state index in [0.717, 1.165) is 5.56 Å². The molecule has 1 aliphatic rings. The van der Waals surface area contributed by atoms with E-state index in [4.69, 9.17) is 9.47 Å². The molecule has 0 aromatic heterocycles. The molecule has 0 aliphatic heterocycles. The lowest BCUT2D eigenvalue weighted by Gasteiger charge is -2.37. The largest absolute Gasteiger partial charge is 0.466 e. The zero-order chi connectivity index (χ0) is 23.9. The van der Waals surface area contributed by atoms with E-state index in [-0.39, 0.29) is 24.1 Å². The summed E-state index contributed by atoms with van der Waals surface area (Å²) in [6.07, 6.45) is 1.83. The molecule has 1 saturated carbocycles. The van der Waals surface area contributed by atoms with Crippen LogP contribution in [-0.2, 0) is 25.5 Å². The molecule has 1 aromatic rings. The molecule has 2 rings (SSSR count). The number of hydrogen-bond donors (Lipinski definition) is 1. The number of nitriles is 1. The number of benzene rings is 1. The van der Waals surface area contributed by atoms with E-state index >= 15 is 0 Å². The smallest absolute Gasteiger partial charge is 0.408 e. The SMILES string of the molecule is CCOC(=O)C1CCC(C)(C(=O)C(Cc2cccc(C#N)c2)NC(=O)OC(C)(C)C)CC1. The number of ether oxygens (including phenoxy) is 2. The van der Waals surface area contributed by atoms with Gasteiger partial charge in [-0.3, -0.25) is 9.59 Å². The van der Waals surface area contributed by atoms with Crippen LogP contribution in [-0.4, -0.2) is 36.1 Å². The summed E-state index contributed by atoms with van der Waals surface area (Å²) in [5.74, 6) is -0.493. The number of carbonyl (C=O) groups is 3. The Morgan fingerprint density at radius 1 is 1.25 bits per heavy atom. The van der Waals surface area contributed by atoms with Crippen molar-refractivity contribution in [3.8, 4) is 6.07 Å².